The summed E-state index contributed by atoms with van der Waals surface area (Å²) < 4.78 is 0. The van der Waals surface area contributed by atoms with Crippen LogP contribution < -0.4 is 5.73 Å². The number of likely N-dealkylation sites (N-methyl/N-ethyl adjacent to an activating group) is 1. The molecule has 0 saturated heterocycles. The van der Waals surface area contributed by atoms with Crippen molar-refractivity contribution in [3.05, 3.63) is 29.8 Å². The van der Waals surface area contributed by atoms with Crippen molar-refractivity contribution in [3.63, 3.8) is 0 Å². The lowest BCUT2D eigenvalue weighted by Gasteiger charge is -2.22. The Kier molecular flexibility index (Phi) is 2.89. The van der Waals surface area contributed by atoms with Gasteiger partial charge >= 0.3 is 0 Å². The van der Waals surface area contributed by atoms with Crippen LogP contribution in [0, 0.1) is 12.3 Å². The maximum Gasteiger partial charge on any atom is 0.0596 e. The van der Waals surface area contributed by atoms with E-state index in [9.17, 15) is 0 Å². The first-order chi connectivity index (χ1) is 7.66. The summed E-state index contributed by atoms with van der Waals surface area (Å²) in [7, 11) is 2.08. The maximum absolute atomic E-state index is 5.70. The van der Waals surface area contributed by atoms with E-state index in [0.717, 1.165) is 18.8 Å². The van der Waals surface area contributed by atoms with Gasteiger partial charge in [0.05, 0.1) is 6.54 Å². The molecule has 0 atom stereocenters. The van der Waals surface area contributed by atoms with Crippen LogP contribution >= 0.6 is 0 Å². The van der Waals surface area contributed by atoms with Crippen LogP contribution in [0.5, 0.6) is 0 Å². The first kappa shape index (κ1) is 11.0. The Morgan fingerprint density at radius 2 is 2.00 bits per heavy atom. The molecular formula is C14H18N2. The monoisotopic (exact) mass is 214 g/mol. The normalized spacial score (nSPS) is 17.1. The van der Waals surface area contributed by atoms with Gasteiger partial charge in [-0.25, -0.2) is 0 Å². The molecule has 2 N–H and O–H groups in total. The first-order valence-corrected chi connectivity index (χ1v) is 5.64. The smallest absolute Gasteiger partial charge is 0.0596 e. The van der Waals surface area contributed by atoms with Crippen molar-refractivity contribution in [2.45, 2.75) is 18.3 Å². The minimum Gasteiger partial charge on any atom is -0.399 e. The van der Waals surface area contributed by atoms with E-state index in [1.165, 1.54) is 18.4 Å². The molecule has 0 unspecified atom stereocenters. The van der Waals surface area contributed by atoms with Crippen LogP contribution in [0.4, 0.5) is 5.69 Å². The SMILES string of the molecule is C#CCN(C)CC1(c2ccc(N)cc2)CC1. The zero-order valence-electron chi connectivity index (χ0n) is 9.74. The van der Waals surface area contributed by atoms with E-state index >= 15 is 0 Å². The number of nitrogens with zero attached hydrogens (tertiary/aromatic N) is 1. The Morgan fingerprint density at radius 1 is 1.38 bits per heavy atom. The van der Waals surface area contributed by atoms with E-state index in [1.54, 1.807) is 0 Å². The Labute approximate surface area is 97.4 Å². The number of nitrogen functional groups attached to an aromatic ring is 1. The van der Waals surface area contributed by atoms with Crippen LogP contribution in [-0.4, -0.2) is 25.0 Å². The second kappa shape index (κ2) is 4.19. The Hall–Kier alpha value is -1.46. The molecule has 1 aromatic carbocycles. The van der Waals surface area contributed by atoms with E-state index in [1.807, 2.05) is 12.1 Å². The summed E-state index contributed by atoms with van der Waals surface area (Å²) in [5.74, 6) is 2.68. The van der Waals surface area contributed by atoms with Crippen LogP contribution in [0.25, 0.3) is 0 Å². The predicted molar refractivity (Wildman–Crippen MR) is 68.1 cm³/mol. The highest BCUT2D eigenvalue weighted by molar-refractivity contribution is 5.43. The molecule has 0 heterocycles. The fourth-order valence-electron chi connectivity index (χ4n) is 2.25. The molecule has 84 valence electrons. The standard InChI is InChI=1S/C14H18N2/c1-3-10-16(2)11-14(8-9-14)12-4-6-13(15)7-5-12/h1,4-7H,8-11,15H2,2H3. The fourth-order valence-corrected chi connectivity index (χ4v) is 2.25. The predicted octanol–water partition coefficient (Wildman–Crippen LogP) is 1.87. The lowest BCUT2D eigenvalue weighted by molar-refractivity contribution is 0.336. The summed E-state index contributed by atoms with van der Waals surface area (Å²) in [5, 5.41) is 0. The Bertz CT molecular complexity index is 396. The van der Waals surface area contributed by atoms with Gasteiger partial charge in [0.2, 0.25) is 0 Å². The summed E-state index contributed by atoms with van der Waals surface area (Å²) in [6.45, 7) is 1.76. The molecule has 0 amide bonds. The van der Waals surface area contributed by atoms with Gasteiger partial charge < -0.3 is 5.73 Å². The van der Waals surface area contributed by atoms with Gasteiger partial charge in [0, 0.05) is 17.6 Å². The second-order valence-corrected chi connectivity index (χ2v) is 4.78. The van der Waals surface area contributed by atoms with Crippen LogP contribution in [0.15, 0.2) is 24.3 Å². The van der Waals surface area contributed by atoms with Crippen molar-refractivity contribution in [3.8, 4) is 12.3 Å². The van der Waals surface area contributed by atoms with Crippen LogP contribution in [-0.2, 0) is 5.41 Å². The molecule has 2 heteroatoms. The lowest BCUT2D eigenvalue weighted by atomic mass is 9.95. The van der Waals surface area contributed by atoms with Crippen molar-refractivity contribution in [1.82, 2.24) is 4.90 Å². The van der Waals surface area contributed by atoms with Gasteiger partial charge in [-0.15, -0.1) is 6.42 Å². The highest BCUT2D eigenvalue weighted by atomic mass is 15.1. The van der Waals surface area contributed by atoms with Gasteiger partial charge in [-0.05, 0) is 37.6 Å². The minimum absolute atomic E-state index is 0.333. The van der Waals surface area contributed by atoms with Gasteiger partial charge in [0.1, 0.15) is 0 Å². The average molecular weight is 214 g/mol. The topological polar surface area (TPSA) is 29.3 Å². The molecule has 1 aliphatic rings. The zero-order valence-corrected chi connectivity index (χ0v) is 9.74. The maximum atomic E-state index is 5.70. The van der Waals surface area contributed by atoms with Crippen molar-refractivity contribution in [2.24, 2.45) is 0 Å². The van der Waals surface area contributed by atoms with Crippen LogP contribution in [0.1, 0.15) is 18.4 Å². The first-order valence-electron chi connectivity index (χ1n) is 5.64. The van der Waals surface area contributed by atoms with Gasteiger partial charge in [-0.2, -0.15) is 0 Å². The van der Waals surface area contributed by atoms with E-state index in [0.29, 0.717) is 5.41 Å². The quantitative estimate of drug-likeness (QED) is 0.612. The molecule has 2 rings (SSSR count). The van der Waals surface area contributed by atoms with Gasteiger partial charge in [-0.1, -0.05) is 18.1 Å². The van der Waals surface area contributed by atoms with E-state index in [4.69, 9.17) is 12.2 Å². The largest absolute Gasteiger partial charge is 0.399 e. The third-order valence-electron chi connectivity index (χ3n) is 3.31. The molecule has 2 nitrogen and oxygen atoms in total. The van der Waals surface area contributed by atoms with Crippen molar-refractivity contribution < 1.29 is 0 Å². The Morgan fingerprint density at radius 3 is 2.50 bits per heavy atom. The lowest BCUT2D eigenvalue weighted by Crippen LogP contribution is -2.29. The molecular weight excluding hydrogens is 196 g/mol. The summed E-state index contributed by atoms with van der Waals surface area (Å²) in [6, 6.07) is 8.26. The van der Waals surface area contributed by atoms with Crippen molar-refractivity contribution in [1.29, 1.82) is 0 Å². The summed E-state index contributed by atoms with van der Waals surface area (Å²) >= 11 is 0. The summed E-state index contributed by atoms with van der Waals surface area (Å²) in [4.78, 5) is 2.21. The number of rotatable bonds is 4. The molecule has 1 saturated carbocycles. The molecule has 0 aliphatic heterocycles. The molecule has 1 aliphatic carbocycles. The third kappa shape index (κ3) is 2.20. The fraction of sp³-hybridized carbons (Fsp3) is 0.429. The number of hydrogen-bond donors (Lipinski definition) is 1. The average Bonchev–Trinajstić information content (AvgIpc) is 3.00. The van der Waals surface area contributed by atoms with Crippen LogP contribution in [0.3, 0.4) is 0 Å². The van der Waals surface area contributed by atoms with Crippen molar-refractivity contribution in [2.75, 3.05) is 25.9 Å². The van der Waals surface area contributed by atoms with Gasteiger partial charge in [0.15, 0.2) is 0 Å². The molecule has 0 aromatic heterocycles. The minimum atomic E-state index is 0.333. The number of anilines is 1. The molecule has 1 fully saturated rings. The second-order valence-electron chi connectivity index (χ2n) is 4.78. The molecule has 0 bridgehead atoms. The number of terminal acetylenes is 1. The highest BCUT2D eigenvalue weighted by Crippen LogP contribution is 2.48. The number of hydrogen-bond acceptors (Lipinski definition) is 2. The summed E-state index contributed by atoms with van der Waals surface area (Å²) in [5.41, 5.74) is 8.26. The van der Waals surface area contributed by atoms with Gasteiger partial charge in [0.25, 0.3) is 0 Å². The third-order valence-corrected chi connectivity index (χ3v) is 3.31. The Balaban J connectivity index is 2.08. The number of nitrogens with two attached hydrogens (primary N) is 1. The molecule has 0 spiro atoms. The van der Waals surface area contributed by atoms with E-state index in [-0.39, 0.29) is 0 Å². The number of benzene rings is 1. The van der Waals surface area contributed by atoms with Crippen molar-refractivity contribution >= 4 is 5.69 Å². The van der Waals surface area contributed by atoms with Crippen LogP contribution in [0.2, 0.25) is 0 Å². The van der Waals surface area contributed by atoms with Gasteiger partial charge in [-0.3, -0.25) is 4.90 Å². The zero-order chi connectivity index (χ0) is 11.6. The van der Waals surface area contributed by atoms with E-state index < -0.39 is 0 Å². The molecule has 1 aromatic rings. The molecule has 16 heavy (non-hydrogen) atoms. The summed E-state index contributed by atoms with van der Waals surface area (Å²) in [6.07, 6.45) is 7.83. The highest BCUT2D eigenvalue weighted by Gasteiger charge is 2.44. The van der Waals surface area contributed by atoms with E-state index in [2.05, 4.69) is 30.0 Å². The molecule has 0 radical (unpaired) electrons.